The van der Waals surface area contributed by atoms with Crippen LogP contribution in [0.3, 0.4) is 0 Å². The van der Waals surface area contributed by atoms with Crippen molar-refractivity contribution in [1.29, 1.82) is 0 Å². The molecule has 1 nitrogen and oxygen atoms in total. The van der Waals surface area contributed by atoms with E-state index in [1.165, 1.54) is 10.8 Å². The average molecular weight is 304 g/mol. The fraction of sp³-hybridized carbons (Fsp3) is 0. The van der Waals surface area contributed by atoms with Crippen molar-refractivity contribution in [2.45, 2.75) is 0 Å². The quantitative estimate of drug-likeness (QED) is 0.422. The molecule has 0 fully saturated rings. The van der Waals surface area contributed by atoms with Crippen LogP contribution in [0.4, 0.5) is 0 Å². The fourth-order valence-corrected chi connectivity index (χ4v) is 2.69. The van der Waals surface area contributed by atoms with E-state index >= 15 is 0 Å². The van der Waals surface area contributed by atoms with E-state index in [2.05, 4.69) is 36.4 Å². The second-order valence-electron chi connectivity index (χ2n) is 5.06. The Labute approximate surface area is 133 Å². The molecule has 0 saturated heterocycles. The highest BCUT2D eigenvalue weighted by atomic mass is 31.0. The fourth-order valence-electron chi connectivity index (χ4n) is 2.69. The first-order chi connectivity index (χ1) is 10.4. The van der Waals surface area contributed by atoms with Gasteiger partial charge in [-0.15, -0.1) is 0 Å². The molecule has 0 aromatic heterocycles. The highest BCUT2D eigenvalue weighted by molar-refractivity contribution is 6.92. The molecule has 0 aliphatic rings. The maximum atomic E-state index is 6.20. The van der Waals surface area contributed by atoms with Crippen molar-refractivity contribution in [3.63, 3.8) is 0 Å². The summed E-state index contributed by atoms with van der Waals surface area (Å²) >= 11 is 0. The minimum absolute atomic E-state index is 0. The van der Waals surface area contributed by atoms with Gasteiger partial charge in [-0.05, 0) is 22.9 Å². The summed E-state index contributed by atoms with van der Waals surface area (Å²) in [4.78, 5) is 0. The van der Waals surface area contributed by atoms with Crippen LogP contribution in [0.25, 0.3) is 21.5 Å². The molecule has 0 aliphatic heterocycles. The first-order valence-electron chi connectivity index (χ1n) is 7.05. The molecule has 4 aromatic rings. The third-order valence-electron chi connectivity index (χ3n) is 3.72. The van der Waals surface area contributed by atoms with Crippen LogP contribution in [-0.2, 0) is 0 Å². The van der Waals surface area contributed by atoms with Crippen molar-refractivity contribution in [3.8, 4) is 11.5 Å². The van der Waals surface area contributed by atoms with Gasteiger partial charge in [-0.3, -0.25) is 0 Å². The van der Waals surface area contributed by atoms with Crippen LogP contribution in [-0.4, -0.2) is 0 Å². The third kappa shape index (κ3) is 2.56. The zero-order valence-corrected chi connectivity index (χ0v) is 13.6. The van der Waals surface area contributed by atoms with Gasteiger partial charge in [-0.1, -0.05) is 72.8 Å². The monoisotopic (exact) mass is 304 g/mol. The normalized spacial score (nSPS) is 10.4. The minimum atomic E-state index is 0. The van der Waals surface area contributed by atoms with E-state index in [1.54, 1.807) is 0 Å². The number of rotatable bonds is 2. The van der Waals surface area contributed by atoms with Gasteiger partial charge in [0, 0.05) is 10.8 Å². The SMILES string of the molecule is P.c1ccc2c(Oc3cccc4ccccc34)cccc2c1. The molecule has 108 valence electrons. The molecule has 2 heteroatoms. The van der Waals surface area contributed by atoms with Gasteiger partial charge >= 0.3 is 0 Å². The molecule has 1 atom stereocenters. The van der Waals surface area contributed by atoms with Gasteiger partial charge in [0.1, 0.15) is 11.5 Å². The Morgan fingerprint density at radius 2 is 0.864 bits per heavy atom. The lowest BCUT2D eigenvalue weighted by atomic mass is 10.1. The molecule has 0 aliphatic carbocycles. The minimum Gasteiger partial charge on any atom is -0.456 e. The third-order valence-corrected chi connectivity index (χ3v) is 3.72. The van der Waals surface area contributed by atoms with Crippen LogP contribution in [0.1, 0.15) is 0 Å². The summed E-state index contributed by atoms with van der Waals surface area (Å²) in [7, 11) is 0. The number of fused-ring (bicyclic) bond motifs is 2. The van der Waals surface area contributed by atoms with E-state index < -0.39 is 0 Å². The van der Waals surface area contributed by atoms with E-state index in [9.17, 15) is 0 Å². The Balaban J connectivity index is 0.00000144. The summed E-state index contributed by atoms with van der Waals surface area (Å²) in [6, 6.07) is 28.9. The maximum Gasteiger partial charge on any atom is 0.135 e. The molecule has 0 amide bonds. The van der Waals surface area contributed by atoms with Crippen molar-refractivity contribution >= 4 is 31.4 Å². The molecular formula is C20H17OP. The molecule has 4 rings (SSSR count). The topological polar surface area (TPSA) is 9.23 Å². The maximum absolute atomic E-state index is 6.20. The Morgan fingerprint density at radius 1 is 0.455 bits per heavy atom. The van der Waals surface area contributed by atoms with Gasteiger partial charge in [0.05, 0.1) is 0 Å². The molecule has 1 unspecified atom stereocenters. The van der Waals surface area contributed by atoms with Gasteiger partial charge in [0.25, 0.3) is 0 Å². The van der Waals surface area contributed by atoms with E-state index in [4.69, 9.17) is 4.74 Å². The smallest absolute Gasteiger partial charge is 0.135 e. The zero-order valence-electron chi connectivity index (χ0n) is 12.2. The van der Waals surface area contributed by atoms with Crippen molar-refractivity contribution in [3.05, 3.63) is 84.9 Å². The largest absolute Gasteiger partial charge is 0.456 e. The number of benzene rings is 4. The Hall–Kier alpha value is -2.37. The first-order valence-corrected chi connectivity index (χ1v) is 7.05. The average Bonchev–Trinajstić information content (AvgIpc) is 2.56. The van der Waals surface area contributed by atoms with Crippen molar-refractivity contribution in [1.82, 2.24) is 0 Å². The molecule has 4 aromatic carbocycles. The standard InChI is InChI=1S/C20H14O.H3P/c1-3-11-17-15(7-1)9-5-13-19(17)21-20-14-6-10-16-8-2-4-12-18(16)20;/h1-14H;1H3. The van der Waals surface area contributed by atoms with Crippen LogP contribution in [0.5, 0.6) is 11.5 Å². The summed E-state index contributed by atoms with van der Waals surface area (Å²) in [5.74, 6) is 1.79. The zero-order chi connectivity index (χ0) is 14.1. The molecule has 0 radical (unpaired) electrons. The van der Waals surface area contributed by atoms with E-state index in [0.29, 0.717) is 0 Å². The molecule has 0 saturated carbocycles. The number of hydrogen-bond acceptors (Lipinski definition) is 1. The van der Waals surface area contributed by atoms with Crippen molar-refractivity contribution in [2.24, 2.45) is 0 Å². The lowest BCUT2D eigenvalue weighted by molar-refractivity contribution is 0.494. The van der Waals surface area contributed by atoms with E-state index in [-0.39, 0.29) is 9.90 Å². The van der Waals surface area contributed by atoms with Crippen LogP contribution >= 0.6 is 9.90 Å². The van der Waals surface area contributed by atoms with Crippen LogP contribution in [0, 0.1) is 0 Å². The van der Waals surface area contributed by atoms with Crippen LogP contribution in [0.15, 0.2) is 84.9 Å². The van der Waals surface area contributed by atoms with E-state index in [0.717, 1.165) is 22.3 Å². The summed E-state index contributed by atoms with van der Waals surface area (Å²) in [6.45, 7) is 0. The molecular weight excluding hydrogens is 287 g/mol. The van der Waals surface area contributed by atoms with Gasteiger partial charge < -0.3 is 4.74 Å². The molecule has 22 heavy (non-hydrogen) atoms. The van der Waals surface area contributed by atoms with Gasteiger partial charge in [0.2, 0.25) is 0 Å². The molecule has 0 spiro atoms. The summed E-state index contributed by atoms with van der Waals surface area (Å²) in [5, 5.41) is 4.64. The second kappa shape index (κ2) is 6.17. The molecule has 0 N–H and O–H groups in total. The number of ether oxygens (including phenoxy) is 1. The summed E-state index contributed by atoms with van der Waals surface area (Å²) in [5.41, 5.74) is 0. The van der Waals surface area contributed by atoms with Crippen molar-refractivity contribution < 1.29 is 4.74 Å². The van der Waals surface area contributed by atoms with E-state index in [1.807, 2.05) is 48.5 Å². The Bertz CT molecular complexity index is 843. The summed E-state index contributed by atoms with van der Waals surface area (Å²) in [6.07, 6.45) is 0. The van der Waals surface area contributed by atoms with Gasteiger partial charge in [-0.25, -0.2) is 0 Å². The second-order valence-corrected chi connectivity index (χ2v) is 5.06. The molecule has 0 heterocycles. The van der Waals surface area contributed by atoms with Crippen LogP contribution in [0.2, 0.25) is 0 Å². The Morgan fingerprint density at radius 3 is 1.36 bits per heavy atom. The number of hydrogen-bond donors (Lipinski definition) is 0. The van der Waals surface area contributed by atoms with Gasteiger partial charge in [0.15, 0.2) is 0 Å². The lowest BCUT2D eigenvalue weighted by Gasteiger charge is -2.11. The van der Waals surface area contributed by atoms with Gasteiger partial charge in [-0.2, -0.15) is 9.90 Å². The highest BCUT2D eigenvalue weighted by Crippen LogP contribution is 2.33. The van der Waals surface area contributed by atoms with Crippen LogP contribution < -0.4 is 4.74 Å². The highest BCUT2D eigenvalue weighted by Gasteiger charge is 2.05. The van der Waals surface area contributed by atoms with Crippen molar-refractivity contribution in [2.75, 3.05) is 0 Å². The summed E-state index contributed by atoms with van der Waals surface area (Å²) < 4.78 is 6.20. The predicted molar refractivity (Wildman–Crippen MR) is 99.1 cm³/mol. The molecule has 0 bridgehead atoms. The Kier molecular flexibility index (Phi) is 4.09. The first kappa shape index (κ1) is 14.6. The lowest BCUT2D eigenvalue weighted by Crippen LogP contribution is -1.87. The predicted octanol–water partition coefficient (Wildman–Crippen LogP) is 5.84.